The zero-order chi connectivity index (χ0) is 32.3. The highest BCUT2D eigenvalue weighted by Crippen LogP contribution is 2.54. The van der Waals surface area contributed by atoms with Crippen molar-refractivity contribution in [2.75, 3.05) is 10.2 Å². The topological polar surface area (TPSA) is 88.5 Å². The number of fused-ring (bicyclic) bond motifs is 3. The van der Waals surface area contributed by atoms with E-state index in [9.17, 15) is 36.7 Å². The van der Waals surface area contributed by atoms with E-state index in [4.69, 9.17) is 0 Å². The molecule has 1 N–H and O–H groups in total. The molecule has 5 aromatic rings. The second-order valence-electron chi connectivity index (χ2n) is 10.9. The molecule has 7 rings (SSSR count). The molecule has 1 saturated heterocycles. The van der Waals surface area contributed by atoms with Crippen molar-refractivity contribution in [2.24, 2.45) is 5.92 Å². The number of halogens is 4. The van der Waals surface area contributed by atoms with Crippen LogP contribution in [0.4, 0.5) is 28.9 Å². The number of rotatable bonds is 5. The van der Waals surface area contributed by atoms with Gasteiger partial charge < -0.3 is 5.32 Å². The van der Waals surface area contributed by atoms with Gasteiger partial charge in [0, 0.05) is 16.5 Å². The third-order valence-corrected chi connectivity index (χ3v) is 10.7. The third kappa shape index (κ3) is 5.09. The first-order chi connectivity index (χ1) is 22.0. The molecule has 3 amide bonds. The summed E-state index contributed by atoms with van der Waals surface area (Å²) >= 11 is 1.66. The molecule has 232 valence electrons. The predicted octanol–water partition coefficient (Wildman–Crippen LogP) is 6.66. The first-order valence-electron chi connectivity index (χ1n) is 14.0. The lowest BCUT2D eigenvalue weighted by atomic mass is 9.83. The van der Waals surface area contributed by atoms with Gasteiger partial charge in [0.05, 0.1) is 22.2 Å². The van der Waals surface area contributed by atoms with Crippen molar-refractivity contribution < 1.29 is 31.9 Å². The Morgan fingerprint density at radius 2 is 1.54 bits per heavy atom. The van der Waals surface area contributed by atoms with Crippen molar-refractivity contribution in [3.63, 3.8) is 0 Å². The first-order valence-corrected chi connectivity index (χ1v) is 15.7. The molecule has 7 nitrogen and oxygen atoms in total. The van der Waals surface area contributed by atoms with Gasteiger partial charge in [-0.05, 0) is 52.7 Å². The van der Waals surface area contributed by atoms with Crippen molar-refractivity contribution in [2.45, 2.75) is 28.9 Å². The molecule has 0 saturated carbocycles. The number of imide groups is 1. The number of carbonyl (C=O) groups excluding carboxylic acids is 3. The highest BCUT2D eigenvalue weighted by atomic mass is 32.2. The Morgan fingerprint density at radius 3 is 2.28 bits per heavy atom. The smallest absolute Gasteiger partial charge is 0.325 e. The van der Waals surface area contributed by atoms with E-state index in [-0.39, 0.29) is 5.03 Å². The monoisotopic (exact) mass is 663 g/mol. The molecule has 3 heterocycles. The zero-order valence-corrected chi connectivity index (χ0v) is 25.1. The van der Waals surface area contributed by atoms with E-state index < -0.39 is 69.5 Å². The molecule has 46 heavy (non-hydrogen) atoms. The molecule has 0 aliphatic carbocycles. The Hall–Kier alpha value is -4.75. The Morgan fingerprint density at radius 1 is 0.848 bits per heavy atom. The van der Waals surface area contributed by atoms with Gasteiger partial charge in [-0.3, -0.25) is 23.7 Å². The van der Waals surface area contributed by atoms with Crippen LogP contribution in [-0.4, -0.2) is 27.5 Å². The minimum absolute atomic E-state index is 0.256. The molecule has 2 aliphatic heterocycles. The van der Waals surface area contributed by atoms with Crippen LogP contribution in [0.3, 0.4) is 0 Å². The summed E-state index contributed by atoms with van der Waals surface area (Å²) in [4.78, 5) is 54.8. The minimum atomic E-state index is -4.84. The number of alkyl halides is 3. The number of amides is 3. The first kappa shape index (κ1) is 29.9. The van der Waals surface area contributed by atoms with Crippen molar-refractivity contribution in [1.82, 2.24) is 4.57 Å². The summed E-state index contributed by atoms with van der Waals surface area (Å²) in [5, 5.41) is 3.71. The summed E-state index contributed by atoms with van der Waals surface area (Å²) in [5.74, 6) is -4.95. The van der Waals surface area contributed by atoms with Crippen LogP contribution in [0.1, 0.15) is 21.9 Å². The van der Waals surface area contributed by atoms with Gasteiger partial charge in [0.25, 0.3) is 0 Å². The average Bonchev–Trinajstić information content (AvgIpc) is 3.47. The lowest BCUT2D eigenvalue weighted by molar-refractivity contribution is -0.137. The van der Waals surface area contributed by atoms with Gasteiger partial charge in [-0.25, -0.2) is 9.29 Å². The number of nitrogens with zero attached hydrogens (tertiary/aromatic N) is 2. The number of nitrogens with one attached hydrogen (secondary N) is 1. The molecule has 0 bridgehead atoms. The van der Waals surface area contributed by atoms with Crippen LogP contribution < -0.4 is 15.1 Å². The summed E-state index contributed by atoms with van der Waals surface area (Å²) in [7, 11) is 0. The molecular formula is C33H21F4N3O4S2. The average molecular weight is 664 g/mol. The van der Waals surface area contributed by atoms with E-state index in [1.165, 1.54) is 41.0 Å². The standard InChI is InChI=1S/C33H21F4N3O4S2/c34-20-12-9-18(10-13-20)25-26-27(30(43)40(29(26)42)23-8-4-3-7-22(23)33(35,36)37)45-31-28(25)46-32(44)39(31)16-24(41)38-21-14-11-17-5-1-2-6-19(17)15-21/h1-15,25-27H,16H2,(H,38,41)/t25-,26-,27+/m0/s1. The number of aromatic nitrogens is 1. The fraction of sp³-hybridized carbons (Fsp3) is 0.152. The maximum Gasteiger partial charge on any atom is 0.418 e. The Balaban J connectivity index is 1.28. The highest BCUT2D eigenvalue weighted by Gasteiger charge is 2.57. The lowest BCUT2D eigenvalue weighted by Crippen LogP contribution is -2.33. The predicted molar refractivity (Wildman–Crippen MR) is 166 cm³/mol. The minimum Gasteiger partial charge on any atom is -0.325 e. The number of hydrogen-bond donors (Lipinski definition) is 1. The molecule has 0 unspecified atom stereocenters. The SMILES string of the molecule is O=C(Cn1c2c(sc1=O)[C@@H](c1ccc(F)cc1)[C@@H]1C(=O)N(c3ccccc3C(F)(F)F)C(=O)[C@@H]1S2)Nc1ccc2ccccc2c1. The number of benzene rings is 4. The van der Waals surface area contributed by atoms with Crippen LogP contribution in [0.2, 0.25) is 0 Å². The highest BCUT2D eigenvalue weighted by molar-refractivity contribution is 8.00. The van der Waals surface area contributed by atoms with Crippen molar-refractivity contribution >= 4 is 63.0 Å². The summed E-state index contributed by atoms with van der Waals surface area (Å²) in [6.07, 6.45) is -4.84. The van der Waals surface area contributed by atoms with Crippen molar-refractivity contribution in [1.29, 1.82) is 0 Å². The second kappa shape index (κ2) is 11.2. The van der Waals surface area contributed by atoms with E-state index in [1.807, 2.05) is 30.3 Å². The zero-order valence-electron chi connectivity index (χ0n) is 23.5. The number of hydrogen-bond acceptors (Lipinski definition) is 6. The third-order valence-electron chi connectivity index (χ3n) is 8.06. The molecule has 4 aromatic carbocycles. The Kier molecular flexibility index (Phi) is 7.32. The van der Waals surface area contributed by atoms with Crippen LogP contribution in [0.25, 0.3) is 10.8 Å². The van der Waals surface area contributed by atoms with Gasteiger partial charge >= 0.3 is 11.0 Å². The van der Waals surface area contributed by atoms with Gasteiger partial charge in [-0.15, -0.1) is 0 Å². The van der Waals surface area contributed by atoms with Gasteiger partial charge in [0.1, 0.15) is 17.6 Å². The second-order valence-corrected chi connectivity index (χ2v) is 13.0. The largest absolute Gasteiger partial charge is 0.418 e. The molecule has 3 atom stereocenters. The summed E-state index contributed by atoms with van der Waals surface area (Å²) in [6, 6.07) is 22.5. The molecular weight excluding hydrogens is 643 g/mol. The lowest BCUT2D eigenvalue weighted by Gasteiger charge is -2.30. The number of thioether (sulfide) groups is 1. The molecule has 0 spiro atoms. The number of para-hydroxylation sites is 1. The van der Waals surface area contributed by atoms with E-state index in [2.05, 4.69) is 5.32 Å². The summed E-state index contributed by atoms with van der Waals surface area (Å²) < 4.78 is 57.0. The quantitative estimate of drug-likeness (QED) is 0.168. The Bertz CT molecular complexity index is 2110. The van der Waals surface area contributed by atoms with Gasteiger partial charge in [0.15, 0.2) is 0 Å². The van der Waals surface area contributed by atoms with Gasteiger partial charge in [0.2, 0.25) is 17.7 Å². The van der Waals surface area contributed by atoms with E-state index >= 15 is 0 Å². The van der Waals surface area contributed by atoms with Crippen LogP contribution >= 0.6 is 23.1 Å². The number of carbonyl (C=O) groups is 3. The molecule has 1 fully saturated rings. The van der Waals surface area contributed by atoms with E-state index in [0.29, 0.717) is 21.0 Å². The van der Waals surface area contributed by atoms with E-state index in [0.717, 1.165) is 46.0 Å². The number of anilines is 2. The molecule has 13 heteroatoms. The van der Waals surface area contributed by atoms with Gasteiger partial charge in [-0.1, -0.05) is 77.7 Å². The maximum atomic E-state index is 14.0. The number of thiazole rings is 1. The molecule has 0 radical (unpaired) electrons. The summed E-state index contributed by atoms with van der Waals surface area (Å²) in [6.45, 7) is -0.416. The molecule has 2 aliphatic rings. The fourth-order valence-electron chi connectivity index (χ4n) is 6.04. The van der Waals surface area contributed by atoms with Crippen LogP contribution in [0.15, 0.2) is 101 Å². The Labute approximate surface area is 266 Å². The normalized spacial score (nSPS) is 19.3. The van der Waals surface area contributed by atoms with Crippen LogP contribution in [0, 0.1) is 11.7 Å². The van der Waals surface area contributed by atoms with Crippen molar-refractivity contribution in [3.05, 3.63) is 122 Å². The maximum absolute atomic E-state index is 14.0. The van der Waals surface area contributed by atoms with Crippen LogP contribution in [0.5, 0.6) is 0 Å². The van der Waals surface area contributed by atoms with E-state index in [1.54, 1.807) is 12.1 Å². The fourth-order valence-corrected chi connectivity index (χ4v) is 8.81. The molecule has 1 aromatic heterocycles. The van der Waals surface area contributed by atoms with Gasteiger partial charge in [-0.2, -0.15) is 13.2 Å². The summed E-state index contributed by atoms with van der Waals surface area (Å²) in [5.41, 5.74) is -0.823. The van der Waals surface area contributed by atoms with Crippen LogP contribution in [-0.2, 0) is 27.1 Å². The van der Waals surface area contributed by atoms with Crippen molar-refractivity contribution in [3.8, 4) is 0 Å².